The molecule has 4 unspecified atom stereocenters. The zero-order valence-electron chi connectivity index (χ0n) is 15.2. The van der Waals surface area contributed by atoms with Gasteiger partial charge in [0, 0.05) is 18.5 Å². The maximum absolute atomic E-state index is 13.0. The first-order valence-corrected chi connectivity index (χ1v) is 10.9. The quantitative estimate of drug-likeness (QED) is 0.606. The molecule has 0 spiro atoms. The van der Waals surface area contributed by atoms with E-state index in [1.54, 1.807) is 0 Å². The van der Waals surface area contributed by atoms with Crippen molar-refractivity contribution >= 4 is 15.7 Å². The summed E-state index contributed by atoms with van der Waals surface area (Å²) in [6, 6.07) is 2.10. The van der Waals surface area contributed by atoms with Gasteiger partial charge in [-0.25, -0.2) is 13.1 Å². The summed E-state index contributed by atoms with van der Waals surface area (Å²) in [6.07, 6.45) is 5.20. The molecule has 4 atom stereocenters. The van der Waals surface area contributed by atoms with Crippen molar-refractivity contribution in [1.29, 1.82) is 0 Å². The van der Waals surface area contributed by atoms with Crippen LogP contribution in [0, 0.1) is 27.9 Å². The number of ether oxygens (including phenoxy) is 2. The second kappa shape index (κ2) is 6.94. The van der Waals surface area contributed by atoms with Crippen molar-refractivity contribution in [3.05, 3.63) is 22.2 Å². The first-order valence-electron chi connectivity index (χ1n) is 9.45. The standard InChI is InChI=1S/C18H24N2O6S/c1-11(14-8-12-3-4-13(14)7-12)19-27(23,24)18-10-17-16(9-15(18)20(21)22)25-5-2-6-26-17/h9-14,19H,2-8H2,1H3. The van der Waals surface area contributed by atoms with Crippen LogP contribution < -0.4 is 14.2 Å². The van der Waals surface area contributed by atoms with Gasteiger partial charge in [-0.15, -0.1) is 0 Å². The van der Waals surface area contributed by atoms with E-state index in [4.69, 9.17) is 9.47 Å². The number of fused-ring (bicyclic) bond motifs is 3. The summed E-state index contributed by atoms with van der Waals surface area (Å²) < 4.78 is 39.7. The van der Waals surface area contributed by atoms with Gasteiger partial charge >= 0.3 is 0 Å². The predicted octanol–water partition coefficient (Wildman–Crippen LogP) is 2.86. The van der Waals surface area contributed by atoms with E-state index in [1.807, 2.05) is 6.92 Å². The highest BCUT2D eigenvalue weighted by Crippen LogP contribution is 2.49. The van der Waals surface area contributed by atoms with Crippen LogP contribution in [0.4, 0.5) is 5.69 Å². The molecule has 4 rings (SSSR count). The summed E-state index contributed by atoms with van der Waals surface area (Å²) in [5.74, 6) is 1.97. The molecule has 148 valence electrons. The Labute approximate surface area is 158 Å². The Bertz CT molecular complexity index is 856. The Kier molecular flexibility index (Phi) is 4.75. The summed E-state index contributed by atoms with van der Waals surface area (Å²) in [4.78, 5) is 10.4. The van der Waals surface area contributed by atoms with Crippen molar-refractivity contribution in [3.8, 4) is 11.5 Å². The molecule has 0 saturated heterocycles. The highest BCUT2D eigenvalue weighted by molar-refractivity contribution is 7.89. The average molecular weight is 396 g/mol. The van der Waals surface area contributed by atoms with Crippen LogP contribution in [0.3, 0.4) is 0 Å². The molecule has 2 saturated carbocycles. The summed E-state index contributed by atoms with van der Waals surface area (Å²) in [6.45, 7) is 2.60. The number of hydrogen-bond donors (Lipinski definition) is 1. The average Bonchev–Trinajstić information content (AvgIpc) is 3.17. The van der Waals surface area contributed by atoms with E-state index in [9.17, 15) is 18.5 Å². The summed E-state index contributed by atoms with van der Waals surface area (Å²) in [7, 11) is -4.06. The zero-order chi connectivity index (χ0) is 19.2. The highest BCUT2D eigenvalue weighted by atomic mass is 32.2. The van der Waals surface area contributed by atoms with Crippen molar-refractivity contribution < 1.29 is 22.8 Å². The number of nitro groups is 1. The monoisotopic (exact) mass is 396 g/mol. The molecule has 3 aliphatic rings. The molecular formula is C18H24N2O6S. The minimum Gasteiger partial charge on any atom is -0.490 e. The van der Waals surface area contributed by atoms with Gasteiger partial charge in [-0.05, 0) is 43.9 Å². The Balaban J connectivity index is 1.64. The number of hydrogen-bond acceptors (Lipinski definition) is 6. The topological polar surface area (TPSA) is 108 Å². The van der Waals surface area contributed by atoms with Crippen LogP contribution in [0.15, 0.2) is 17.0 Å². The Hall–Kier alpha value is -1.87. The molecule has 2 bridgehead atoms. The molecule has 2 aliphatic carbocycles. The van der Waals surface area contributed by atoms with Gasteiger partial charge < -0.3 is 9.47 Å². The third-order valence-corrected chi connectivity index (χ3v) is 7.68. The van der Waals surface area contributed by atoms with Gasteiger partial charge in [0.05, 0.1) is 24.2 Å². The third-order valence-electron chi connectivity index (χ3n) is 6.09. The minimum absolute atomic E-state index is 0.208. The summed E-state index contributed by atoms with van der Waals surface area (Å²) in [5, 5.41) is 11.5. The van der Waals surface area contributed by atoms with Crippen LogP contribution in [-0.4, -0.2) is 32.6 Å². The molecule has 1 aliphatic heterocycles. The lowest BCUT2D eigenvalue weighted by molar-refractivity contribution is -0.387. The molecule has 2 fully saturated rings. The lowest BCUT2D eigenvalue weighted by Gasteiger charge is -2.28. The molecule has 0 aromatic heterocycles. The van der Waals surface area contributed by atoms with Gasteiger partial charge in [0.15, 0.2) is 16.4 Å². The van der Waals surface area contributed by atoms with Crippen LogP contribution in [0.5, 0.6) is 11.5 Å². The lowest BCUT2D eigenvalue weighted by atomic mass is 9.84. The molecule has 1 aromatic carbocycles. The maximum atomic E-state index is 13.0. The van der Waals surface area contributed by atoms with E-state index < -0.39 is 20.6 Å². The number of nitro benzene ring substituents is 1. The Morgan fingerprint density at radius 1 is 1.19 bits per heavy atom. The van der Waals surface area contributed by atoms with Gasteiger partial charge in [-0.2, -0.15) is 0 Å². The van der Waals surface area contributed by atoms with Crippen molar-refractivity contribution in [3.63, 3.8) is 0 Å². The van der Waals surface area contributed by atoms with E-state index in [1.165, 1.54) is 18.9 Å². The molecule has 0 amide bonds. The van der Waals surface area contributed by atoms with Crippen LogP contribution in [0.25, 0.3) is 0 Å². The minimum atomic E-state index is -4.06. The van der Waals surface area contributed by atoms with E-state index >= 15 is 0 Å². The fourth-order valence-electron chi connectivity index (χ4n) is 4.84. The molecule has 8 nitrogen and oxygen atoms in total. The summed E-state index contributed by atoms with van der Waals surface area (Å²) in [5.41, 5.74) is -0.494. The Morgan fingerprint density at radius 2 is 1.89 bits per heavy atom. The maximum Gasteiger partial charge on any atom is 0.293 e. The van der Waals surface area contributed by atoms with Gasteiger partial charge in [0.2, 0.25) is 10.0 Å². The van der Waals surface area contributed by atoms with E-state index in [0.29, 0.717) is 31.5 Å². The summed E-state index contributed by atoms with van der Waals surface area (Å²) >= 11 is 0. The molecule has 1 N–H and O–H groups in total. The predicted molar refractivity (Wildman–Crippen MR) is 97.4 cm³/mol. The number of rotatable bonds is 5. The van der Waals surface area contributed by atoms with Crippen molar-refractivity contribution in [2.75, 3.05) is 13.2 Å². The zero-order valence-corrected chi connectivity index (χ0v) is 16.0. The second-order valence-corrected chi connectivity index (χ2v) is 9.51. The fourth-order valence-corrected chi connectivity index (χ4v) is 6.30. The van der Waals surface area contributed by atoms with Gasteiger partial charge in [-0.3, -0.25) is 10.1 Å². The van der Waals surface area contributed by atoms with Gasteiger partial charge in [-0.1, -0.05) is 6.42 Å². The van der Waals surface area contributed by atoms with Crippen LogP contribution in [0.2, 0.25) is 0 Å². The number of nitrogens with zero attached hydrogens (tertiary/aromatic N) is 1. The Morgan fingerprint density at radius 3 is 2.48 bits per heavy atom. The first kappa shape index (κ1) is 18.5. The molecule has 9 heteroatoms. The van der Waals surface area contributed by atoms with Crippen molar-refractivity contribution in [1.82, 2.24) is 4.72 Å². The molecular weight excluding hydrogens is 372 g/mol. The smallest absolute Gasteiger partial charge is 0.293 e. The first-order chi connectivity index (χ1) is 12.8. The van der Waals surface area contributed by atoms with Crippen LogP contribution in [-0.2, 0) is 10.0 Å². The molecule has 1 heterocycles. The third kappa shape index (κ3) is 3.50. The normalized spacial score (nSPS) is 28.0. The lowest BCUT2D eigenvalue weighted by Crippen LogP contribution is -2.40. The largest absolute Gasteiger partial charge is 0.490 e. The van der Waals surface area contributed by atoms with Gasteiger partial charge in [0.25, 0.3) is 5.69 Å². The van der Waals surface area contributed by atoms with Gasteiger partial charge in [0.1, 0.15) is 0 Å². The van der Waals surface area contributed by atoms with E-state index in [0.717, 1.165) is 18.9 Å². The van der Waals surface area contributed by atoms with Crippen molar-refractivity contribution in [2.45, 2.75) is 50.0 Å². The van der Waals surface area contributed by atoms with E-state index in [-0.39, 0.29) is 28.4 Å². The fraction of sp³-hybridized carbons (Fsp3) is 0.667. The van der Waals surface area contributed by atoms with Crippen LogP contribution in [0.1, 0.15) is 39.0 Å². The van der Waals surface area contributed by atoms with E-state index in [2.05, 4.69) is 4.72 Å². The molecule has 27 heavy (non-hydrogen) atoms. The SMILES string of the molecule is CC(NS(=O)(=O)c1cc2c(cc1[N+](=O)[O-])OCCCO2)C1CC2CCC1C2. The van der Waals surface area contributed by atoms with Crippen molar-refractivity contribution in [2.24, 2.45) is 17.8 Å². The second-order valence-electron chi connectivity index (χ2n) is 7.82. The highest BCUT2D eigenvalue weighted by Gasteiger charge is 2.43. The number of nitrogens with one attached hydrogen (secondary N) is 1. The number of sulfonamides is 1. The molecule has 1 aromatic rings. The molecule has 0 radical (unpaired) electrons. The number of benzene rings is 1. The van der Waals surface area contributed by atoms with Crippen LogP contribution >= 0.6 is 0 Å².